The van der Waals surface area contributed by atoms with Crippen molar-refractivity contribution in [2.75, 3.05) is 63.5 Å². The highest BCUT2D eigenvalue weighted by atomic mass is 35.5. The second kappa shape index (κ2) is 10.6. The molecular formula is C18H23Cl2N7O3. The number of carboxylic acid groups (broad SMARTS) is 1. The predicted molar refractivity (Wildman–Crippen MR) is 115 cm³/mol. The van der Waals surface area contributed by atoms with Gasteiger partial charge < -0.3 is 25.8 Å². The van der Waals surface area contributed by atoms with E-state index in [9.17, 15) is 4.79 Å². The normalized spacial score (nSPS) is 14.7. The number of nitrogens with one attached hydrogen (secondary N) is 1. The van der Waals surface area contributed by atoms with Crippen LogP contribution in [0, 0.1) is 0 Å². The van der Waals surface area contributed by atoms with E-state index in [1.54, 1.807) is 18.2 Å². The Bertz CT molecular complexity index is 879. The van der Waals surface area contributed by atoms with Crippen molar-refractivity contribution < 1.29 is 14.6 Å². The van der Waals surface area contributed by atoms with E-state index in [0.717, 1.165) is 19.6 Å². The van der Waals surface area contributed by atoms with E-state index in [4.69, 9.17) is 38.8 Å². The summed E-state index contributed by atoms with van der Waals surface area (Å²) in [5, 5.41) is 20.8. The Morgan fingerprint density at radius 2 is 1.97 bits per heavy atom. The quantitative estimate of drug-likeness (QED) is 0.512. The lowest BCUT2D eigenvalue weighted by Gasteiger charge is -2.32. The Kier molecular flexibility index (Phi) is 7.86. The number of carbonyl (C=O) groups is 1. The van der Waals surface area contributed by atoms with Gasteiger partial charge in [-0.15, -0.1) is 10.2 Å². The lowest BCUT2D eigenvalue weighted by molar-refractivity contribution is 0.0757. The zero-order chi connectivity index (χ0) is 21.5. The van der Waals surface area contributed by atoms with E-state index in [0.29, 0.717) is 60.1 Å². The van der Waals surface area contributed by atoms with Crippen LogP contribution in [0.3, 0.4) is 0 Å². The molecule has 1 aliphatic heterocycles. The van der Waals surface area contributed by atoms with Gasteiger partial charge in [-0.25, -0.2) is 4.79 Å². The van der Waals surface area contributed by atoms with Gasteiger partial charge in [0.15, 0.2) is 5.82 Å². The molecule has 1 saturated heterocycles. The molecule has 1 amide bonds. The third-order valence-corrected chi connectivity index (χ3v) is 5.46. The number of aromatic nitrogens is 3. The fourth-order valence-corrected chi connectivity index (χ4v) is 3.37. The third kappa shape index (κ3) is 5.82. The average Bonchev–Trinajstić information content (AvgIpc) is 2.73. The van der Waals surface area contributed by atoms with Crippen LogP contribution in [-0.4, -0.2) is 88.7 Å². The monoisotopic (exact) mass is 455 g/mol. The van der Waals surface area contributed by atoms with Gasteiger partial charge in [0.25, 0.3) is 0 Å². The van der Waals surface area contributed by atoms with Crippen LogP contribution in [0.5, 0.6) is 0 Å². The van der Waals surface area contributed by atoms with E-state index in [1.165, 1.54) is 4.90 Å². The number of benzene rings is 1. The summed E-state index contributed by atoms with van der Waals surface area (Å²) in [6, 6.07) is 5.18. The highest BCUT2D eigenvalue weighted by Crippen LogP contribution is 2.34. The molecule has 0 radical (unpaired) electrons. The molecule has 0 spiro atoms. The maximum Gasteiger partial charge on any atom is 0.407 e. The summed E-state index contributed by atoms with van der Waals surface area (Å²) in [7, 11) is 0. The van der Waals surface area contributed by atoms with Crippen molar-refractivity contribution in [1.82, 2.24) is 25.0 Å². The summed E-state index contributed by atoms with van der Waals surface area (Å²) < 4.78 is 5.61. The summed E-state index contributed by atoms with van der Waals surface area (Å²) in [6.07, 6.45) is -0.863. The minimum atomic E-state index is -0.863. The zero-order valence-electron chi connectivity index (χ0n) is 16.2. The molecule has 4 N–H and O–H groups in total. The van der Waals surface area contributed by atoms with Gasteiger partial charge in [0, 0.05) is 44.8 Å². The lowest BCUT2D eigenvalue weighted by atomic mass is 10.1. The summed E-state index contributed by atoms with van der Waals surface area (Å²) in [4.78, 5) is 18.7. The van der Waals surface area contributed by atoms with E-state index < -0.39 is 6.09 Å². The van der Waals surface area contributed by atoms with Crippen LogP contribution < -0.4 is 11.1 Å². The molecule has 0 unspecified atom stereocenters. The zero-order valence-corrected chi connectivity index (χ0v) is 17.7. The van der Waals surface area contributed by atoms with Gasteiger partial charge in [-0.3, -0.25) is 4.90 Å². The number of hydrogen-bond acceptors (Lipinski definition) is 8. The highest BCUT2D eigenvalue weighted by molar-refractivity contribution is 6.43. The number of rotatable bonds is 8. The van der Waals surface area contributed by atoms with Gasteiger partial charge in [-0.2, -0.15) is 4.98 Å². The molecule has 162 valence electrons. The van der Waals surface area contributed by atoms with Crippen LogP contribution in [0.1, 0.15) is 0 Å². The Labute approximate surface area is 183 Å². The first-order chi connectivity index (χ1) is 14.5. The summed E-state index contributed by atoms with van der Waals surface area (Å²) >= 11 is 12.2. The predicted octanol–water partition coefficient (Wildman–Crippen LogP) is 2.15. The first-order valence-corrected chi connectivity index (χ1v) is 10.2. The Balaban J connectivity index is 1.38. The fraction of sp³-hybridized carbons (Fsp3) is 0.444. The largest absolute Gasteiger partial charge is 0.465 e. The minimum absolute atomic E-state index is 0.193. The molecule has 1 aromatic carbocycles. The van der Waals surface area contributed by atoms with Crippen molar-refractivity contribution in [2.45, 2.75) is 0 Å². The maximum atomic E-state index is 10.9. The van der Waals surface area contributed by atoms with Gasteiger partial charge in [-0.1, -0.05) is 35.3 Å². The molecule has 30 heavy (non-hydrogen) atoms. The lowest BCUT2D eigenvalue weighted by Crippen LogP contribution is -2.49. The Morgan fingerprint density at radius 1 is 1.20 bits per heavy atom. The van der Waals surface area contributed by atoms with Crippen LogP contribution in [-0.2, 0) is 4.74 Å². The molecule has 1 aliphatic rings. The minimum Gasteiger partial charge on any atom is -0.465 e. The van der Waals surface area contributed by atoms with Crippen molar-refractivity contribution in [2.24, 2.45) is 0 Å². The number of nitrogen functional groups attached to an aromatic ring is 1. The van der Waals surface area contributed by atoms with E-state index in [1.807, 2.05) is 0 Å². The fourth-order valence-electron chi connectivity index (χ4n) is 2.98. The number of piperazine rings is 1. The van der Waals surface area contributed by atoms with Crippen molar-refractivity contribution in [3.8, 4) is 11.3 Å². The second-order valence-corrected chi connectivity index (χ2v) is 7.41. The van der Waals surface area contributed by atoms with Gasteiger partial charge in [0.1, 0.15) is 5.69 Å². The summed E-state index contributed by atoms with van der Waals surface area (Å²) in [6.45, 7) is 4.75. The molecule has 0 aliphatic carbocycles. The number of halogens is 2. The van der Waals surface area contributed by atoms with E-state index in [2.05, 4.69) is 25.4 Å². The van der Waals surface area contributed by atoms with E-state index in [-0.39, 0.29) is 5.82 Å². The number of ether oxygens (including phenoxy) is 1. The van der Waals surface area contributed by atoms with E-state index >= 15 is 0 Å². The third-order valence-electron chi connectivity index (χ3n) is 4.64. The van der Waals surface area contributed by atoms with Crippen LogP contribution >= 0.6 is 23.2 Å². The van der Waals surface area contributed by atoms with Crippen molar-refractivity contribution in [1.29, 1.82) is 0 Å². The molecule has 1 aromatic heterocycles. The van der Waals surface area contributed by atoms with Crippen LogP contribution in [0.4, 0.5) is 16.6 Å². The van der Waals surface area contributed by atoms with Gasteiger partial charge in [0.05, 0.1) is 23.3 Å². The Morgan fingerprint density at radius 3 is 2.67 bits per heavy atom. The van der Waals surface area contributed by atoms with Gasteiger partial charge in [0.2, 0.25) is 5.95 Å². The molecular weight excluding hydrogens is 433 g/mol. The van der Waals surface area contributed by atoms with Crippen LogP contribution in [0.15, 0.2) is 18.2 Å². The topological polar surface area (TPSA) is 130 Å². The molecule has 2 aromatic rings. The second-order valence-electron chi connectivity index (χ2n) is 6.62. The number of nitrogens with zero attached hydrogens (tertiary/aromatic N) is 5. The van der Waals surface area contributed by atoms with Gasteiger partial charge in [-0.05, 0) is 6.07 Å². The van der Waals surface area contributed by atoms with Gasteiger partial charge >= 0.3 is 6.09 Å². The van der Waals surface area contributed by atoms with Crippen molar-refractivity contribution >= 4 is 41.1 Å². The summed E-state index contributed by atoms with van der Waals surface area (Å²) in [5.74, 6) is 0.487. The standard InChI is InChI=1S/C18H23Cl2N7O3/c19-13-3-1-2-12(14(13)20)15-16(21)23-17(25-24-15)22-4-10-30-11-9-26-5-7-27(8-6-26)18(28)29/h1-3H,4-11H2,(H,28,29)(H3,21,22,23,25). The number of amides is 1. The molecule has 12 heteroatoms. The molecule has 1 fully saturated rings. The van der Waals surface area contributed by atoms with Crippen molar-refractivity contribution in [3.63, 3.8) is 0 Å². The first kappa shape index (κ1) is 22.3. The van der Waals surface area contributed by atoms with Crippen molar-refractivity contribution in [3.05, 3.63) is 28.2 Å². The van der Waals surface area contributed by atoms with Crippen LogP contribution in [0.25, 0.3) is 11.3 Å². The molecule has 3 rings (SSSR count). The Hall–Kier alpha value is -2.40. The smallest absolute Gasteiger partial charge is 0.407 e. The molecule has 10 nitrogen and oxygen atoms in total. The molecule has 2 heterocycles. The molecule has 0 atom stereocenters. The average molecular weight is 456 g/mol. The first-order valence-electron chi connectivity index (χ1n) is 9.42. The number of nitrogens with two attached hydrogens (primary N) is 1. The number of anilines is 2. The number of hydrogen-bond donors (Lipinski definition) is 3. The summed E-state index contributed by atoms with van der Waals surface area (Å²) in [5.41, 5.74) is 6.94. The molecule has 0 saturated carbocycles. The molecule has 0 bridgehead atoms. The SMILES string of the molecule is Nc1nc(NCCOCCN2CCN(C(=O)O)CC2)nnc1-c1cccc(Cl)c1Cl. The highest BCUT2D eigenvalue weighted by Gasteiger charge is 2.19. The van der Waals surface area contributed by atoms with Crippen LogP contribution in [0.2, 0.25) is 10.0 Å². The maximum absolute atomic E-state index is 10.9.